The van der Waals surface area contributed by atoms with Crippen LogP contribution in [0.5, 0.6) is 0 Å². The quantitative estimate of drug-likeness (QED) is 0.661. The van der Waals surface area contributed by atoms with Gasteiger partial charge in [0.15, 0.2) is 0 Å². The van der Waals surface area contributed by atoms with Gasteiger partial charge in [0, 0.05) is 20.7 Å². The van der Waals surface area contributed by atoms with Gasteiger partial charge in [-0.3, -0.25) is 4.79 Å². The molecule has 4 nitrogen and oxygen atoms in total. The van der Waals surface area contributed by atoms with E-state index in [2.05, 4.69) is 5.32 Å². The Balaban J connectivity index is 2.27. The van der Waals surface area contributed by atoms with Gasteiger partial charge in [-0.25, -0.2) is 0 Å². The minimum Gasteiger partial charge on any atom is -0.378 e. The van der Waals surface area contributed by atoms with Gasteiger partial charge in [-0.1, -0.05) is 0 Å². The van der Waals surface area contributed by atoms with Crippen LogP contribution in [0.4, 0.5) is 0 Å². The monoisotopic (exact) mass is 228 g/mol. The van der Waals surface area contributed by atoms with Crippen molar-refractivity contribution in [2.75, 3.05) is 34.3 Å². The molecule has 1 rings (SSSR count). The number of rotatable bonds is 7. The van der Waals surface area contributed by atoms with Gasteiger partial charge in [0.05, 0.1) is 12.0 Å². The smallest absolute Gasteiger partial charge is 0.225 e. The summed E-state index contributed by atoms with van der Waals surface area (Å²) in [5.41, 5.74) is -0.144. The molecule has 1 N–H and O–H groups in total. The molecular formula is C12H24N2O2. The molecule has 1 aliphatic carbocycles. The average molecular weight is 228 g/mol. The van der Waals surface area contributed by atoms with Gasteiger partial charge in [0.2, 0.25) is 5.91 Å². The summed E-state index contributed by atoms with van der Waals surface area (Å²) in [5.74, 6) is 0.206. The van der Waals surface area contributed by atoms with Crippen molar-refractivity contribution >= 4 is 5.91 Å². The second-order valence-electron chi connectivity index (χ2n) is 4.69. The van der Waals surface area contributed by atoms with E-state index in [0.717, 1.165) is 32.4 Å². The molecule has 0 aromatic carbocycles. The second kappa shape index (κ2) is 6.21. The minimum atomic E-state index is -0.144. The van der Waals surface area contributed by atoms with E-state index in [4.69, 9.17) is 4.74 Å². The first-order valence-corrected chi connectivity index (χ1v) is 6.07. The molecule has 0 atom stereocenters. The molecule has 0 heterocycles. The van der Waals surface area contributed by atoms with E-state index in [9.17, 15) is 4.79 Å². The Morgan fingerprint density at radius 1 is 1.50 bits per heavy atom. The number of carbonyl (C=O) groups is 1. The first kappa shape index (κ1) is 13.5. The molecule has 0 aromatic rings. The molecule has 4 heteroatoms. The lowest BCUT2D eigenvalue weighted by atomic mass is 9.77. The minimum absolute atomic E-state index is 0.144. The van der Waals surface area contributed by atoms with Crippen molar-refractivity contribution in [1.29, 1.82) is 0 Å². The molecule has 1 amide bonds. The highest BCUT2D eigenvalue weighted by Crippen LogP contribution is 2.38. The van der Waals surface area contributed by atoms with Crippen LogP contribution in [0.3, 0.4) is 0 Å². The highest BCUT2D eigenvalue weighted by molar-refractivity contribution is 5.77. The Morgan fingerprint density at radius 2 is 2.19 bits per heavy atom. The fraction of sp³-hybridized carbons (Fsp3) is 0.917. The lowest BCUT2D eigenvalue weighted by molar-refractivity contribution is -0.142. The van der Waals surface area contributed by atoms with E-state index < -0.39 is 0 Å². The fourth-order valence-corrected chi connectivity index (χ4v) is 2.05. The molecule has 1 fully saturated rings. The van der Waals surface area contributed by atoms with Gasteiger partial charge < -0.3 is 15.0 Å². The fourth-order valence-electron chi connectivity index (χ4n) is 2.05. The lowest BCUT2D eigenvalue weighted by Crippen LogP contribution is -2.44. The van der Waals surface area contributed by atoms with Crippen LogP contribution in [-0.4, -0.2) is 50.7 Å². The summed E-state index contributed by atoms with van der Waals surface area (Å²) >= 11 is 0. The van der Waals surface area contributed by atoms with Gasteiger partial charge in [-0.2, -0.15) is 0 Å². The van der Waals surface area contributed by atoms with Crippen LogP contribution in [-0.2, 0) is 9.53 Å². The van der Waals surface area contributed by atoms with Gasteiger partial charge in [-0.15, -0.1) is 0 Å². The molecule has 1 saturated carbocycles. The summed E-state index contributed by atoms with van der Waals surface area (Å²) in [5, 5.41) is 3.08. The molecule has 16 heavy (non-hydrogen) atoms. The Bertz CT molecular complexity index is 222. The van der Waals surface area contributed by atoms with Crippen LogP contribution >= 0.6 is 0 Å². The van der Waals surface area contributed by atoms with Crippen molar-refractivity contribution in [3.8, 4) is 0 Å². The Kier molecular flexibility index (Phi) is 5.22. The van der Waals surface area contributed by atoms with Crippen molar-refractivity contribution in [3.63, 3.8) is 0 Å². The summed E-state index contributed by atoms with van der Waals surface area (Å²) in [7, 11) is 5.52. The molecule has 0 aromatic heterocycles. The number of nitrogens with one attached hydrogen (secondary N) is 1. The summed E-state index contributed by atoms with van der Waals surface area (Å²) in [4.78, 5) is 13.7. The first-order valence-electron chi connectivity index (χ1n) is 6.07. The molecule has 0 unspecified atom stereocenters. The van der Waals surface area contributed by atoms with Gasteiger partial charge >= 0.3 is 0 Å². The van der Waals surface area contributed by atoms with Crippen LogP contribution in [0.2, 0.25) is 0 Å². The number of nitrogens with zero attached hydrogens (tertiary/aromatic N) is 1. The third-order valence-electron chi connectivity index (χ3n) is 3.52. The highest BCUT2D eigenvalue weighted by atomic mass is 16.5. The summed E-state index contributed by atoms with van der Waals surface area (Å²) in [6, 6.07) is 0. The van der Waals surface area contributed by atoms with E-state index in [-0.39, 0.29) is 11.5 Å². The maximum atomic E-state index is 11.9. The molecular weight excluding hydrogens is 204 g/mol. The number of hydrogen-bond acceptors (Lipinski definition) is 3. The van der Waals surface area contributed by atoms with Gasteiger partial charge in [0.25, 0.3) is 0 Å². The van der Waals surface area contributed by atoms with E-state index >= 15 is 0 Å². The van der Waals surface area contributed by atoms with E-state index in [0.29, 0.717) is 6.42 Å². The zero-order valence-corrected chi connectivity index (χ0v) is 10.7. The Labute approximate surface area is 98.3 Å². The number of methoxy groups -OCH3 is 1. The van der Waals surface area contributed by atoms with Crippen molar-refractivity contribution in [3.05, 3.63) is 0 Å². The third kappa shape index (κ3) is 3.46. The second-order valence-corrected chi connectivity index (χ2v) is 4.69. The maximum Gasteiger partial charge on any atom is 0.225 e. The predicted octanol–water partition coefficient (Wildman–Crippen LogP) is 1.01. The van der Waals surface area contributed by atoms with Crippen molar-refractivity contribution in [2.45, 2.75) is 37.7 Å². The first-order chi connectivity index (χ1) is 7.63. The SMILES string of the molecule is CNCCCN(C)C(=O)CC1(OC)CCC1. The average Bonchev–Trinajstić information content (AvgIpc) is 2.23. The van der Waals surface area contributed by atoms with Crippen LogP contribution in [0.15, 0.2) is 0 Å². The zero-order valence-electron chi connectivity index (χ0n) is 10.7. The summed E-state index contributed by atoms with van der Waals surface area (Å²) in [6.07, 6.45) is 4.78. The van der Waals surface area contributed by atoms with Crippen LogP contribution in [0.1, 0.15) is 32.1 Å². The van der Waals surface area contributed by atoms with Crippen LogP contribution in [0.25, 0.3) is 0 Å². The largest absolute Gasteiger partial charge is 0.378 e. The topological polar surface area (TPSA) is 41.6 Å². The zero-order chi connectivity index (χ0) is 12.0. The predicted molar refractivity (Wildman–Crippen MR) is 64.4 cm³/mol. The normalized spacial score (nSPS) is 17.9. The molecule has 0 radical (unpaired) electrons. The summed E-state index contributed by atoms with van der Waals surface area (Å²) < 4.78 is 5.46. The standard InChI is InChI=1S/C12H24N2O2/c1-13-8-5-9-14(2)11(15)10-12(16-3)6-4-7-12/h13H,4-10H2,1-3H3. The van der Waals surface area contributed by atoms with E-state index in [1.807, 2.05) is 19.0 Å². The van der Waals surface area contributed by atoms with Gasteiger partial charge in [-0.05, 0) is 39.3 Å². The van der Waals surface area contributed by atoms with Crippen molar-refractivity contribution in [1.82, 2.24) is 10.2 Å². The number of carbonyl (C=O) groups excluding carboxylic acids is 1. The molecule has 0 spiro atoms. The maximum absolute atomic E-state index is 11.9. The Hall–Kier alpha value is -0.610. The number of ether oxygens (including phenoxy) is 1. The molecule has 0 saturated heterocycles. The van der Waals surface area contributed by atoms with Crippen molar-refractivity contribution in [2.24, 2.45) is 0 Å². The third-order valence-corrected chi connectivity index (χ3v) is 3.52. The molecule has 0 bridgehead atoms. The summed E-state index contributed by atoms with van der Waals surface area (Å²) in [6.45, 7) is 1.77. The van der Waals surface area contributed by atoms with E-state index in [1.165, 1.54) is 6.42 Å². The van der Waals surface area contributed by atoms with Crippen molar-refractivity contribution < 1.29 is 9.53 Å². The van der Waals surface area contributed by atoms with Crippen LogP contribution < -0.4 is 5.32 Å². The lowest BCUT2D eigenvalue weighted by Gasteiger charge is -2.40. The molecule has 0 aliphatic heterocycles. The van der Waals surface area contributed by atoms with Crippen LogP contribution in [0, 0.1) is 0 Å². The Morgan fingerprint density at radius 3 is 2.62 bits per heavy atom. The highest BCUT2D eigenvalue weighted by Gasteiger charge is 2.39. The number of hydrogen-bond donors (Lipinski definition) is 1. The van der Waals surface area contributed by atoms with E-state index in [1.54, 1.807) is 7.11 Å². The number of amides is 1. The molecule has 94 valence electrons. The van der Waals surface area contributed by atoms with Gasteiger partial charge in [0.1, 0.15) is 0 Å². The molecule has 1 aliphatic rings.